The van der Waals surface area contributed by atoms with Crippen molar-refractivity contribution in [3.8, 4) is 11.5 Å². The van der Waals surface area contributed by atoms with Crippen molar-refractivity contribution in [2.24, 2.45) is 5.73 Å². The molecule has 134 valence electrons. The van der Waals surface area contributed by atoms with Gasteiger partial charge in [0, 0.05) is 20.2 Å². The van der Waals surface area contributed by atoms with E-state index in [1.807, 2.05) is 18.2 Å². The first kappa shape index (κ1) is 18.5. The van der Waals surface area contributed by atoms with E-state index in [0.29, 0.717) is 13.1 Å². The van der Waals surface area contributed by atoms with Crippen LogP contribution in [0.25, 0.3) is 0 Å². The lowest BCUT2D eigenvalue weighted by Crippen LogP contribution is -2.31. The lowest BCUT2D eigenvalue weighted by Gasteiger charge is -2.17. The molecule has 6 heteroatoms. The Morgan fingerprint density at radius 3 is 2.67 bits per heavy atom. The van der Waals surface area contributed by atoms with Crippen molar-refractivity contribution in [3.05, 3.63) is 23.8 Å². The fourth-order valence-corrected chi connectivity index (χ4v) is 2.85. The summed E-state index contributed by atoms with van der Waals surface area (Å²) in [7, 11) is 3.19. The van der Waals surface area contributed by atoms with E-state index in [9.17, 15) is 4.79 Å². The predicted molar refractivity (Wildman–Crippen MR) is 92.2 cm³/mol. The summed E-state index contributed by atoms with van der Waals surface area (Å²) in [5, 5.41) is 2.89. The molecular weight excluding hydrogens is 308 g/mol. The van der Waals surface area contributed by atoms with Crippen LogP contribution in [-0.4, -0.2) is 38.9 Å². The van der Waals surface area contributed by atoms with Crippen LogP contribution in [0.4, 0.5) is 0 Å². The Morgan fingerprint density at radius 2 is 2.04 bits per heavy atom. The van der Waals surface area contributed by atoms with E-state index in [4.69, 9.17) is 19.9 Å². The van der Waals surface area contributed by atoms with Crippen LogP contribution < -0.4 is 20.5 Å². The van der Waals surface area contributed by atoms with Gasteiger partial charge >= 0.3 is 0 Å². The van der Waals surface area contributed by atoms with Gasteiger partial charge in [0.1, 0.15) is 0 Å². The summed E-state index contributed by atoms with van der Waals surface area (Å²) in [6, 6.07) is 5.75. The van der Waals surface area contributed by atoms with E-state index in [-0.39, 0.29) is 24.5 Å². The molecule has 2 rings (SSSR count). The fourth-order valence-electron chi connectivity index (χ4n) is 2.85. The molecule has 3 N–H and O–H groups in total. The molecule has 1 aromatic carbocycles. The molecule has 1 unspecified atom stereocenters. The Kier molecular flexibility index (Phi) is 7.34. The molecule has 1 atom stereocenters. The number of amides is 1. The molecule has 1 saturated carbocycles. The fraction of sp³-hybridized carbons (Fsp3) is 0.611. The van der Waals surface area contributed by atoms with Crippen molar-refractivity contribution < 1.29 is 19.0 Å². The highest BCUT2D eigenvalue weighted by molar-refractivity contribution is 5.76. The lowest BCUT2D eigenvalue weighted by molar-refractivity contribution is -0.123. The molecule has 6 nitrogen and oxygen atoms in total. The molecule has 1 aliphatic carbocycles. The number of nitrogens with two attached hydrogens (primary N) is 1. The second-order valence-electron chi connectivity index (χ2n) is 6.08. The molecule has 0 spiro atoms. The molecule has 1 aromatic rings. The van der Waals surface area contributed by atoms with Crippen molar-refractivity contribution in [1.82, 2.24) is 5.32 Å². The van der Waals surface area contributed by atoms with E-state index in [1.54, 1.807) is 14.2 Å². The summed E-state index contributed by atoms with van der Waals surface area (Å²) in [6.45, 7) is 0.761. The van der Waals surface area contributed by atoms with Crippen molar-refractivity contribution in [2.75, 3.05) is 20.8 Å². The third-order valence-corrected chi connectivity index (χ3v) is 4.32. The van der Waals surface area contributed by atoms with E-state index in [0.717, 1.165) is 29.9 Å². The van der Waals surface area contributed by atoms with Gasteiger partial charge in [0.2, 0.25) is 5.91 Å². The van der Waals surface area contributed by atoms with Crippen LogP contribution in [0.3, 0.4) is 0 Å². The summed E-state index contributed by atoms with van der Waals surface area (Å²) in [4.78, 5) is 11.9. The largest absolute Gasteiger partial charge is 0.493 e. The maximum Gasteiger partial charge on any atom is 0.222 e. The second-order valence-corrected chi connectivity index (χ2v) is 6.08. The van der Waals surface area contributed by atoms with Gasteiger partial charge < -0.3 is 25.3 Å². The number of hydrogen-bond acceptors (Lipinski definition) is 5. The normalized spacial score (nSPS) is 16.0. The Balaban J connectivity index is 1.93. The summed E-state index contributed by atoms with van der Waals surface area (Å²) >= 11 is 0. The summed E-state index contributed by atoms with van der Waals surface area (Å²) < 4.78 is 16.6. The lowest BCUT2D eigenvalue weighted by atomic mass is 10.2. The minimum absolute atomic E-state index is 0.0821. The average Bonchev–Trinajstić information content (AvgIpc) is 3.11. The first-order chi connectivity index (χ1) is 11.7. The van der Waals surface area contributed by atoms with Crippen LogP contribution in [0.1, 0.15) is 37.7 Å². The number of nitrogens with one attached hydrogen (secondary N) is 1. The zero-order valence-electron chi connectivity index (χ0n) is 14.5. The molecule has 1 amide bonds. The van der Waals surface area contributed by atoms with Crippen LogP contribution in [0.15, 0.2) is 18.2 Å². The number of carbonyl (C=O) groups excluding carboxylic acids is 1. The van der Waals surface area contributed by atoms with Gasteiger partial charge in [0.05, 0.1) is 25.7 Å². The van der Waals surface area contributed by atoms with E-state index >= 15 is 0 Å². The quantitative estimate of drug-likeness (QED) is 0.721. The minimum atomic E-state index is -0.248. The Morgan fingerprint density at radius 1 is 1.29 bits per heavy atom. The number of methoxy groups -OCH3 is 2. The van der Waals surface area contributed by atoms with Gasteiger partial charge in [-0.15, -0.1) is 0 Å². The topological polar surface area (TPSA) is 82.8 Å². The van der Waals surface area contributed by atoms with Gasteiger partial charge in [-0.2, -0.15) is 0 Å². The highest BCUT2D eigenvalue weighted by Gasteiger charge is 2.19. The van der Waals surface area contributed by atoms with Gasteiger partial charge in [-0.05, 0) is 43.4 Å². The number of hydrogen-bond donors (Lipinski definition) is 2. The van der Waals surface area contributed by atoms with E-state index < -0.39 is 0 Å². The minimum Gasteiger partial charge on any atom is -0.493 e. The maximum atomic E-state index is 11.9. The molecule has 0 bridgehead atoms. The Bertz CT molecular complexity index is 526. The highest BCUT2D eigenvalue weighted by Crippen LogP contribution is 2.32. The van der Waals surface area contributed by atoms with Gasteiger partial charge in [0.25, 0.3) is 0 Å². The summed E-state index contributed by atoms with van der Waals surface area (Å²) in [5.74, 6) is 1.38. The maximum absolute atomic E-state index is 11.9. The smallest absolute Gasteiger partial charge is 0.222 e. The molecule has 0 radical (unpaired) electrons. The zero-order chi connectivity index (χ0) is 17.4. The van der Waals surface area contributed by atoms with Gasteiger partial charge in [-0.25, -0.2) is 0 Å². The van der Waals surface area contributed by atoms with Crippen LogP contribution in [0.2, 0.25) is 0 Å². The second kappa shape index (κ2) is 9.49. The highest BCUT2D eigenvalue weighted by atomic mass is 16.5. The third kappa shape index (κ3) is 5.39. The molecule has 0 heterocycles. The molecule has 0 aliphatic heterocycles. The number of rotatable bonds is 9. The molecule has 24 heavy (non-hydrogen) atoms. The van der Waals surface area contributed by atoms with Gasteiger partial charge in [-0.1, -0.05) is 6.07 Å². The monoisotopic (exact) mass is 336 g/mol. The molecular formula is C18H28N2O4. The van der Waals surface area contributed by atoms with Gasteiger partial charge in [0.15, 0.2) is 11.5 Å². The Hall–Kier alpha value is -1.79. The summed E-state index contributed by atoms with van der Waals surface area (Å²) in [6.07, 6.45) is 4.87. The number of carbonyl (C=O) groups is 1. The SMILES string of the molecule is COc1ccc(CNC(=O)CC(CN)OC)cc1OC1CCCC1. The zero-order valence-corrected chi connectivity index (χ0v) is 14.5. The molecule has 0 saturated heterocycles. The molecule has 0 aromatic heterocycles. The average molecular weight is 336 g/mol. The molecule has 1 fully saturated rings. The van der Waals surface area contributed by atoms with E-state index in [1.165, 1.54) is 12.8 Å². The number of ether oxygens (including phenoxy) is 3. The third-order valence-electron chi connectivity index (χ3n) is 4.32. The Labute approximate surface area is 143 Å². The van der Waals surface area contributed by atoms with Crippen molar-refractivity contribution >= 4 is 5.91 Å². The summed E-state index contributed by atoms with van der Waals surface area (Å²) in [5.41, 5.74) is 6.50. The molecule has 1 aliphatic rings. The predicted octanol–water partition coefficient (Wildman–Crippen LogP) is 2.00. The van der Waals surface area contributed by atoms with Crippen LogP contribution in [0.5, 0.6) is 11.5 Å². The first-order valence-corrected chi connectivity index (χ1v) is 8.49. The van der Waals surface area contributed by atoms with E-state index in [2.05, 4.69) is 5.32 Å². The van der Waals surface area contributed by atoms with Crippen LogP contribution >= 0.6 is 0 Å². The van der Waals surface area contributed by atoms with Crippen molar-refractivity contribution in [1.29, 1.82) is 0 Å². The van der Waals surface area contributed by atoms with Crippen LogP contribution in [-0.2, 0) is 16.1 Å². The first-order valence-electron chi connectivity index (χ1n) is 8.49. The van der Waals surface area contributed by atoms with Crippen LogP contribution in [0, 0.1) is 0 Å². The van der Waals surface area contributed by atoms with Gasteiger partial charge in [-0.3, -0.25) is 4.79 Å². The number of benzene rings is 1. The van der Waals surface area contributed by atoms with Crippen molar-refractivity contribution in [3.63, 3.8) is 0 Å². The van der Waals surface area contributed by atoms with Crippen molar-refractivity contribution in [2.45, 2.75) is 50.9 Å². The standard InChI is InChI=1S/C18H28N2O4/c1-22-15(11-19)10-18(21)20-12-13-7-8-16(23-2)17(9-13)24-14-5-3-4-6-14/h7-9,14-15H,3-6,10-12,19H2,1-2H3,(H,20,21).